The molecule has 0 spiro atoms. The molecular weight excluding hydrogens is 90.1 g/mol. The standard InChI is InChI=1S/C5H7NO/c1-3-5(4-6)7-2/h3,5H,1H2,2H3. The Hall–Kier alpha value is -0.810. The van der Waals surface area contributed by atoms with Gasteiger partial charge in [-0.05, 0) is 6.08 Å². The van der Waals surface area contributed by atoms with E-state index in [2.05, 4.69) is 11.3 Å². The maximum atomic E-state index is 8.08. The number of hydrogen-bond donors (Lipinski definition) is 0. The summed E-state index contributed by atoms with van der Waals surface area (Å²) >= 11 is 0. The van der Waals surface area contributed by atoms with E-state index in [-0.39, 0.29) is 0 Å². The van der Waals surface area contributed by atoms with Crippen molar-refractivity contribution in [1.29, 1.82) is 5.26 Å². The Bertz CT molecular complexity index is 92.7. The van der Waals surface area contributed by atoms with Crippen molar-refractivity contribution in [2.24, 2.45) is 0 Å². The van der Waals surface area contributed by atoms with Crippen molar-refractivity contribution in [3.8, 4) is 6.07 Å². The number of methoxy groups -OCH3 is 1. The van der Waals surface area contributed by atoms with Gasteiger partial charge in [0.05, 0.1) is 6.07 Å². The van der Waals surface area contributed by atoms with E-state index in [9.17, 15) is 0 Å². The van der Waals surface area contributed by atoms with Crippen molar-refractivity contribution in [2.45, 2.75) is 6.10 Å². The van der Waals surface area contributed by atoms with Crippen LogP contribution in [0.25, 0.3) is 0 Å². The lowest BCUT2D eigenvalue weighted by Gasteiger charge is -1.94. The van der Waals surface area contributed by atoms with E-state index in [1.54, 1.807) is 0 Å². The Labute approximate surface area is 43.0 Å². The van der Waals surface area contributed by atoms with Crippen LogP contribution in [-0.2, 0) is 4.74 Å². The summed E-state index contributed by atoms with van der Waals surface area (Å²) in [7, 11) is 1.47. The van der Waals surface area contributed by atoms with E-state index in [1.807, 2.05) is 6.07 Å². The van der Waals surface area contributed by atoms with Gasteiger partial charge in [-0.25, -0.2) is 0 Å². The molecule has 2 heteroatoms. The minimum atomic E-state index is -0.444. The fourth-order valence-corrected chi connectivity index (χ4v) is 0.202. The highest BCUT2D eigenvalue weighted by Gasteiger charge is 1.92. The second kappa shape index (κ2) is 3.38. The van der Waals surface area contributed by atoms with Gasteiger partial charge < -0.3 is 4.74 Å². The zero-order valence-electron chi connectivity index (χ0n) is 4.22. The van der Waals surface area contributed by atoms with Crippen LogP contribution in [0.1, 0.15) is 0 Å². The second-order valence-corrected chi connectivity index (χ2v) is 1.02. The molecule has 0 saturated heterocycles. The molecular formula is C5H7NO. The molecule has 0 fully saturated rings. The molecule has 0 aromatic heterocycles. The summed E-state index contributed by atoms with van der Waals surface area (Å²) in [5.41, 5.74) is 0. The molecule has 0 aliphatic carbocycles. The van der Waals surface area contributed by atoms with Gasteiger partial charge in [-0.15, -0.1) is 0 Å². The van der Waals surface area contributed by atoms with E-state index >= 15 is 0 Å². The number of nitriles is 1. The number of hydrogen-bond acceptors (Lipinski definition) is 2. The number of nitrogens with zero attached hydrogens (tertiary/aromatic N) is 1. The molecule has 1 atom stereocenters. The molecule has 1 unspecified atom stereocenters. The van der Waals surface area contributed by atoms with Crippen molar-refractivity contribution in [3.63, 3.8) is 0 Å². The molecule has 7 heavy (non-hydrogen) atoms. The van der Waals surface area contributed by atoms with Crippen molar-refractivity contribution in [3.05, 3.63) is 12.7 Å². The normalized spacial score (nSPS) is 12.0. The monoisotopic (exact) mass is 97.1 g/mol. The summed E-state index contributed by atoms with van der Waals surface area (Å²) in [6.07, 6.45) is 1.000. The summed E-state index contributed by atoms with van der Waals surface area (Å²) < 4.78 is 4.57. The smallest absolute Gasteiger partial charge is 0.161 e. The largest absolute Gasteiger partial charge is 0.362 e. The molecule has 0 aliphatic heterocycles. The van der Waals surface area contributed by atoms with Gasteiger partial charge in [-0.2, -0.15) is 5.26 Å². The molecule has 38 valence electrons. The first-order chi connectivity index (χ1) is 3.35. The summed E-state index contributed by atoms with van der Waals surface area (Å²) in [4.78, 5) is 0. The van der Waals surface area contributed by atoms with Crippen molar-refractivity contribution >= 4 is 0 Å². The molecule has 0 rings (SSSR count). The third-order valence-electron chi connectivity index (χ3n) is 0.595. The fraction of sp³-hybridized carbons (Fsp3) is 0.400. The highest BCUT2D eigenvalue weighted by atomic mass is 16.5. The number of ether oxygens (including phenoxy) is 1. The van der Waals surface area contributed by atoms with Crippen LogP contribution in [-0.4, -0.2) is 13.2 Å². The van der Waals surface area contributed by atoms with E-state index in [1.165, 1.54) is 13.2 Å². The molecule has 0 aliphatic rings. The SMILES string of the molecule is C=CC(C#N)OC. The fourth-order valence-electron chi connectivity index (χ4n) is 0.202. The van der Waals surface area contributed by atoms with E-state index in [4.69, 9.17) is 5.26 Å². The lowest BCUT2D eigenvalue weighted by molar-refractivity contribution is 0.183. The highest BCUT2D eigenvalue weighted by Crippen LogP contribution is 1.84. The van der Waals surface area contributed by atoms with Gasteiger partial charge in [0, 0.05) is 7.11 Å². The van der Waals surface area contributed by atoms with Gasteiger partial charge in [0.2, 0.25) is 0 Å². The quantitative estimate of drug-likeness (QED) is 0.475. The van der Waals surface area contributed by atoms with E-state index < -0.39 is 6.10 Å². The number of rotatable bonds is 2. The average Bonchev–Trinajstić information content (AvgIpc) is 1.72. The van der Waals surface area contributed by atoms with Gasteiger partial charge in [-0.1, -0.05) is 6.58 Å². The molecule has 0 aromatic carbocycles. The van der Waals surface area contributed by atoms with Crippen LogP contribution in [0.15, 0.2) is 12.7 Å². The van der Waals surface area contributed by atoms with Crippen LogP contribution < -0.4 is 0 Å². The maximum Gasteiger partial charge on any atom is 0.161 e. The summed E-state index contributed by atoms with van der Waals surface area (Å²) in [6, 6.07) is 1.86. The van der Waals surface area contributed by atoms with Gasteiger partial charge >= 0.3 is 0 Å². The van der Waals surface area contributed by atoms with Crippen molar-refractivity contribution < 1.29 is 4.74 Å². The first-order valence-electron chi connectivity index (χ1n) is 1.90. The Kier molecular flexibility index (Phi) is 2.99. The van der Waals surface area contributed by atoms with Gasteiger partial charge in [-0.3, -0.25) is 0 Å². The molecule has 0 heterocycles. The third kappa shape index (κ3) is 1.96. The Morgan fingerprint density at radius 2 is 2.57 bits per heavy atom. The van der Waals surface area contributed by atoms with Crippen LogP contribution in [0, 0.1) is 11.3 Å². The first-order valence-corrected chi connectivity index (χ1v) is 1.90. The van der Waals surface area contributed by atoms with Crippen LogP contribution >= 0.6 is 0 Å². The summed E-state index contributed by atoms with van der Waals surface area (Å²) in [6.45, 7) is 3.36. The lowest BCUT2D eigenvalue weighted by atomic mass is 10.4. The lowest BCUT2D eigenvalue weighted by Crippen LogP contribution is -2.00. The molecule has 0 saturated carbocycles. The van der Waals surface area contributed by atoms with Crippen LogP contribution in [0.2, 0.25) is 0 Å². The topological polar surface area (TPSA) is 33.0 Å². The van der Waals surface area contributed by atoms with Gasteiger partial charge in [0.1, 0.15) is 0 Å². The van der Waals surface area contributed by atoms with Crippen LogP contribution in [0.5, 0.6) is 0 Å². The predicted octanol–water partition coefficient (Wildman–Crippen LogP) is 0.711. The summed E-state index contributed by atoms with van der Waals surface area (Å²) in [5, 5.41) is 8.08. The van der Waals surface area contributed by atoms with Crippen molar-refractivity contribution in [2.75, 3.05) is 7.11 Å². The first kappa shape index (κ1) is 6.19. The molecule has 0 aromatic rings. The van der Waals surface area contributed by atoms with E-state index in [0.717, 1.165) is 0 Å². The van der Waals surface area contributed by atoms with Crippen molar-refractivity contribution in [1.82, 2.24) is 0 Å². The molecule has 0 bridgehead atoms. The van der Waals surface area contributed by atoms with Gasteiger partial charge in [0.25, 0.3) is 0 Å². The zero-order valence-corrected chi connectivity index (χ0v) is 4.22. The molecule has 0 amide bonds. The third-order valence-corrected chi connectivity index (χ3v) is 0.595. The van der Waals surface area contributed by atoms with Crippen LogP contribution in [0.4, 0.5) is 0 Å². The summed E-state index contributed by atoms with van der Waals surface area (Å²) in [5.74, 6) is 0. The Morgan fingerprint density at radius 3 is 2.57 bits per heavy atom. The van der Waals surface area contributed by atoms with Crippen LogP contribution in [0.3, 0.4) is 0 Å². The minimum absolute atomic E-state index is 0.444. The predicted molar refractivity (Wildman–Crippen MR) is 26.6 cm³/mol. The molecule has 0 radical (unpaired) electrons. The minimum Gasteiger partial charge on any atom is -0.362 e. The van der Waals surface area contributed by atoms with E-state index in [0.29, 0.717) is 0 Å². The zero-order chi connectivity index (χ0) is 5.70. The average molecular weight is 97.1 g/mol. The maximum absolute atomic E-state index is 8.08. The molecule has 2 nitrogen and oxygen atoms in total. The molecule has 0 N–H and O–H groups in total. The Balaban J connectivity index is 3.43. The van der Waals surface area contributed by atoms with Gasteiger partial charge in [0.15, 0.2) is 6.10 Å². The Morgan fingerprint density at radius 1 is 2.00 bits per heavy atom. The highest BCUT2D eigenvalue weighted by molar-refractivity contribution is 4.96. The second-order valence-electron chi connectivity index (χ2n) is 1.02.